The number of methoxy groups -OCH3 is 2. The monoisotopic (exact) mass is 2110 g/mol. The Morgan fingerprint density at radius 1 is 0.383 bits per heavy atom. The van der Waals surface area contributed by atoms with Crippen molar-refractivity contribution in [3.8, 4) is 11.5 Å². The van der Waals surface area contributed by atoms with Crippen LogP contribution >= 0.6 is 0 Å². The second kappa shape index (κ2) is 70.1. The average molecular weight is 2110 g/mol. The number of nitrogens with two attached hydrogens (primary N) is 3. The Balaban J connectivity index is 0.927. The summed E-state index contributed by atoms with van der Waals surface area (Å²) in [5.74, 6) is -3.42. The normalized spacial score (nSPS) is 22.1. The smallest absolute Gasteiger partial charge is 0.306 e. The summed E-state index contributed by atoms with van der Waals surface area (Å²) < 4.78 is 92.2. The van der Waals surface area contributed by atoms with Gasteiger partial charge in [-0.3, -0.25) is 57.5 Å². The van der Waals surface area contributed by atoms with Gasteiger partial charge < -0.3 is 165 Å². The van der Waals surface area contributed by atoms with Gasteiger partial charge in [0.25, 0.3) is 0 Å². The zero-order chi connectivity index (χ0) is 108. The van der Waals surface area contributed by atoms with Crippen molar-refractivity contribution in [2.75, 3.05) is 146 Å². The van der Waals surface area contributed by atoms with E-state index in [1.807, 2.05) is 78.9 Å². The Bertz CT molecular complexity index is 4320. The minimum atomic E-state index is -1.47. The number of nitrogens with one attached hydrogen (secondary N) is 7. The number of Topliss-reactive ketones (excluding diaryl/α,β-unsaturated/α-hetero) is 1. The van der Waals surface area contributed by atoms with Crippen molar-refractivity contribution >= 4 is 76.9 Å². The molecule has 838 valence electrons. The molecule has 3 aromatic carbocycles. The topological polar surface area (TPSA) is 636 Å². The number of hydrogen-bond acceptors (Lipinski definition) is 37. The first kappa shape index (κ1) is 126. The molecule has 0 aliphatic carbocycles. The summed E-state index contributed by atoms with van der Waals surface area (Å²) in [4.78, 5) is 168. The summed E-state index contributed by atoms with van der Waals surface area (Å²) in [5, 5.41) is 72.1. The van der Waals surface area contributed by atoms with Gasteiger partial charge in [-0.05, 0) is 119 Å². The van der Waals surface area contributed by atoms with Crippen molar-refractivity contribution in [2.24, 2.45) is 17.2 Å². The molecule has 4 saturated heterocycles. The number of carbonyl (C=O) groups is 13. The van der Waals surface area contributed by atoms with Gasteiger partial charge in [-0.15, -0.1) is 0 Å². The van der Waals surface area contributed by atoms with E-state index >= 15 is 0 Å². The predicted octanol–water partition coefficient (Wildman–Crippen LogP) is 2.34. The minimum absolute atomic E-state index is 0.0316. The van der Waals surface area contributed by atoms with Crippen LogP contribution in [0.25, 0.3) is 0 Å². The first-order chi connectivity index (χ1) is 71.6. The highest BCUT2D eigenvalue weighted by Gasteiger charge is 2.48. The number of carbonyl (C=O) groups excluding carboxylic acids is 13. The molecule has 149 heavy (non-hydrogen) atoms. The molecule has 45 heteroatoms. The SMILES string of the molecule is COc1ccc(C(OC[C@@H]2C[C@@H](OC(=O)CCC(C)=O)CN2C(=O)CCCCCCCCCCC(=O)NC(COCCC(=O)NCCCNC(=O)CCCCOC2OC(COC(C)=O)CC(O)C2N)(COCCC(=O)NCCCNC(=O)CCCCOC2OC(COC(C)=O)C(O)C(O)C2N)COCCC(=O)NCCCNC(=O)CCCCOC2OC(COC(C)=O)C(O)C(O)C2N)(c2ccccc2)c2ccc(OC)cc2)cc1. The maximum absolute atomic E-state index is 14.5. The second-order valence-electron chi connectivity index (χ2n) is 37.9. The number of aliphatic hydroxyl groups is 5. The molecule has 0 aromatic heterocycles. The van der Waals surface area contributed by atoms with Gasteiger partial charge in [-0.25, -0.2) is 0 Å². The minimum Gasteiger partial charge on any atom is -0.497 e. The van der Waals surface area contributed by atoms with Crippen LogP contribution in [0.5, 0.6) is 11.5 Å². The Morgan fingerprint density at radius 3 is 1.15 bits per heavy atom. The highest BCUT2D eigenvalue weighted by molar-refractivity contribution is 5.82. The molecule has 16 atom stereocenters. The number of amides is 8. The molecule has 4 aliphatic rings. The third-order valence-electron chi connectivity index (χ3n) is 25.5. The number of rotatable bonds is 75. The number of esters is 4. The van der Waals surface area contributed by atoms with E-state index in [1.54, 1.807) is 19.1 Å². The van der Waals surface area contributed by atoms with Gasteiger partial charge in [0, 0.05) is 150 Å². The lowest BCUT2D eigenvalue weighted by Gasteiger charge is -2.40. The van der Waals surface area contributed by atoms with E-state index in [-0.39, 0.29) is 255 Å². The number of likely N-dealkylation sites (tertiary alicyclic amines) is 1. The van der Waals surface area contributed by atoms with Crippen LogP contribution in [0, 0.1) is 0 Å². The summed E-state index contributed by atoms with van der Waals surface area (Å²) >= 11 is 0. The van der Waals surface area contributed by atoms with Gasteiger partial charge in [0.1, 0.15) is 91.0 Å². The summed E-state index contributed by atoms with van der Waals surface area (Å²) in [5.41, 5.74) is 17.9. The van der Waals surface area contributed by atoms with Crippen LogP contribution in [-0.4, -0.2) is 357 Å². The van der Waals surface area contributed by atoms with E-state index in [9.17, 15) is 87.9 Å². The number of ether oxygens (including phenoxy) is 16. The largest absolute Gasteiger partial charge is 0.497 e. The number of nitrogens with zero attached hydrogens (tertiary/aromatic N) is 1. The molecule has 0 bridgehead atoms. The summed E-state index contributed by atoms with van der Waals surface area (Å²) in [7, 11) is 3.19. The maximum Gasteiger partial charge on any atom is 0.306 e. The van der Waals surface area contributed by atoms with Gasteiger partial charge in [0.2, 0.25) is 47.3 Å². The van der Waals surface area contributed by atoms with Crippen molar-refractivity contribution in [1.82, 2.24) is 42.1 Å². The number of unbranched alkanes of at least 4 members (excludes halogenated alkanes) is 10. The maximum atomic E-state index is 14.5. The summed E-state index contributed by atoms with van der Waals surface area (Å²) in [6, 6.07) is 21.5. The van der Waals surface area contributed by atoms with Crippen LogP contribution < -0.4 is 63.9 Å². The van der Waals surface area contributed by atoms with Crippen molar-refractivity contribution < 1.29 is 164 Å². The van der Waals surface area contributed by atoms with Crippen LogP contribution in [0.2, 0.25) is 0 Å². The third kappa shape index (κ3) is 47.3. The quantitative estimate of drug-likeness (QED) is 0.0167. The molecule has 4 heterocycles. The fraction of sp³-hybridized carbons (Fsp3) is 0.702. The molecule has 0 saturated carbocycles. The lowest BCUT2D eigenvalue weighted by Crippen LogP contribution is -2.62. The standard InChI is InChI=1S/C104H163N11O34/c1-69(116)34-43-92(129)146-79-59-76(62-145-104(73-27-14-13-15-28-73,74-35-39-77(134-5)40-36-74)75-37-41-78(135-6)42-38-75)115(61-79)91(128)33-17-12-10-8-7-9-11-16-32-90(127)114-103(66-136-56-44-87(124)111-50-24-47-108-84(121)29-18-21-53-139-100-93(105)81(120)60-80(147-100)63-142-70(2)117,67-137-57-45-88(125)112-51-25-48-109-85(122)30-19-22-54-140-101-94(106)98(132)96(130)82(148-101)64-143-71(3)118)68-138-58-46-89(126)113-52-26-49-110-86(123)31-20-23-55-141-102-95(107)99(133)97(131)83(149-102)65-144-72(4)119/h13-15,27-28,35-42,76,79-83,93-102,120,130-133H,7-12,16-26,29-34,43-68,105-107H2,1-6H3,(H,108,121)(H,109,122)(H,110,123)(H,111,124)(H,112,125)(H,113,126)(H,114,127)/t76-,79+,80?,81?,82?,83?,93?,94?,95?,96?,97?,98?,99?,100?,101?,102?,103?/m0/s1. The first-order valence-electron chi connectivity index (χ1n) is 52.1. The van der Waals surface area contributed by atoms with E-state index in [0.29, 0.717) is 95.0 Å². The summed E-state index contributed by atoms with van der Waals surface area (Å²) in [6.07, 6.45) is -2.72. The molecular weight excluding hydrogens is 1950 g/mol. The van der Waals surface area contributed by atoms with E-state index in [4.69, 9.17) is 93.0 Å². The predicted molar refractivity (Wildman–Crippen MR) is 537 cm³/mol. The summed E-state index contributed by atoms with van der Waals surface area (Å²) in [6.45, 7) is 5.08. The van der Waals surface area contributed by atoms with Gasteiger partial charge in [0.15, 0.2) is 18.9 Å². The molecular formula is C104H163N11O34. The van der Waals surface area contributed by atoms with Gasteiger partial charge in [-0.2, -0.15) is 0 Å². The van der Waals surface area contributed by atoms with Gasteiger partial charge in [0.05, 0.1) is 110 Å². The van der Waals surface area contributed by atoms with Gasteiger partial charge in [-0.1, -0.05) is 93.1 Å². The average Bonchev–Trinajstić information content (AvgIpc) is 1.24. The van der Waals surface area contributed by atoms with Crippen molar-refractivity contribution in [3.63, 3.8) is 0 Å². The third-order valence-corrected chi connectivity index (χ3v) is 25.5. The molecule has 0 spiro atoms. The van der Waals surface area contributed by atoms with Crippen molar-refractivity contribution in [1.29, 1.82) is 0 Å². The second-order valence-corrected chi connectivity index (χ2v) is 37.9. The van der Waals surface area contributed by atoms with Crippen LogP contribution in [0.15, 0.2) is 78.9 Å². The zero-order valence-corrected chi connectivity index (χ0v) is 87.1. The molecule has 14 unspecified atom stereocenters. The van der Waals surface area contributed by atoms with Crippen LogP contribution in [-0.2, 0) is 134 Å². The number of ketones is 1. The van der Waals surface area contributed by atoms with E-state index < -0.39 is 133 Å². The highest BCUT2D eigenvalue weighted by Crippen LogP contribution is 2.43. The van der Waals surface area contributed by atoms with Crippen LogP contribution in [0.3, 0.4) is 0 Å². The molecule has 4 aliphatic heterocycles. The molecule has 8 amide bonds. The fourth-order valence-electron chi connectivity index (χ4n) is 17.1. The lowest BCUT2D eigenvalue weighted by atomic mass is 9.80. The highest BCUT2D eigenvalue weighted by atomic mass is 16.7. The lowest BCUT2D eigenvalue weighted by molar-refractivity contribution is -0.267. The molecule has 4 fully saturated rings. The number of hydrogen-bond donors (Lipinski definition) is 15. The molecule has 0 radical (unpaired) electrons. The Labute approximate surface area is 871 Å². The Kier molecular flexibility index (Phi) is 59.2. The Morgan fingerprint density at radius 2 is 0.752 bits per heavy atom. The number of aliphatic hydroxyl groups excluding tert-OH is 5. The molecule has 18 N–H and O–H groups in total. The van der Waals surface area contributed by atoms with Crippen molar-refractivity contribution in [2.45, 2.75) is 323 Å². The fourth-order valence-corrected chi connectivity index (χ4v) is 17.1. The molecule has 3 aromatic rings. The van der Waals surface area contributed by atoms with E-state index in [0.717, 1.165) is 48.8 Å². The van der Waals surface area contributed by atoms with Crippen LogP contribution in [0.1, 0.15) is 231 Å². The van der Waals surface area contributed by atoms with Crippen molar-refractivity contribution in [3.05, 3.63) is 95.6 Å². The molecule has 45 nitrogen and oxygen atoms in total. The number of benzene rings is 3. The zero-order valence-electron chi connectivity index (χ0n) is 87.1. The van der Waals surface area contributed by atoms with Crippen LogP contribution in [0.4, 0.5) is 0 Å². The molecule has 7 rings (SSSR count). The van der Waals surface area contributed by atoms with E-state index in [2.05, 4.69) is 37.2 Å². The Hall–Kier alpha value is -10.2. The first-order valence-corrected chi connectivity index (χ1v) is 52.1. The van der Waals surface area contributed by atoms with E-state index in [1.165, 1.54) is 27.7 Å². The van der Waals surface area contributed by atoms with Gasteiger partial charge >= 0.3 is 23.9 Å².